The maximum absolute atomic E-state index is 13.0. The second kappa shape index (κ2) is 6.97. The van der Waals surface area contributed by atoms with Gasteiger partial charge in [-0.3, -0.25) is 4.79 Å². The van der Waals surface area contributed by atoms with Gasteiger partial charge in [0.2, 0.25) is 5.91 Å². The van der Waals surface area contributed by atoms with Gasteiger partial charge < -0.3 is 14.7 Å². The molecule has 1 heterocycles. The largest absolute Gasteiger partial charge is 0.389 e. The van der Waals surface area contributed by atoms with E-state index in [1.54, 1.807) is 17.0 Å². The fourth-order valence-corrected chi connectivity index (χ4v) is 3.53. The zero-order valence-corrected chi connectivity index (χ0v) is 13.3. The quantitative estimate of drug-likeness (QED) is 0.931. The van der Waals surface area contributed by atoms with E-state index in [2.05, 4.69) is 0 Å². The summed E-state index contributed by atoms with van der Waals surface area (Å²) in [7, 11) is 0. The van der Waals surface area contributed by atoms with Crippen LogP contribution in [0.3, 0.4) is 0 Å². The monoisotopic (exact) mass is 321 g/mol. The lowest BCUT2D eigenvalue weighted by molar-refractivity contribution is -0.145. The molecule has 2 fully saturated rings. The number of benzene rings is 1. The number of aliphatic hydroxyl groups is 1. The average Bonchev–Trinajstić information content (AvgIpc) is 2.56. The second-order valence-corrected chi connectivity index (χ2v) is 6.71. The Morgan fingerprint density at radius 1 is 1.26 bits per heavy atom. The molecule has 1 saturated heterocycles. The maximum atomic E-state index is 13.0. The van der Waals surface area contributed by atoms with Gasteiger partial charge >= 0.3 is 0 Å². The van der Waals surface area contributed by atoms with Crippen LogP contribution in [0.5, 0.6) is 0 Å². The highest BCUT2D eigenvalue weighted by atomic mass is 19.1. The van der Waals surface area contributed by atoms with Gasteiger partial charge in [0.05, 0.1) is 25.2 Å². The van der Waals surface area contributed by atoms with E-state index in [0.717, 1.165) is 24.8 Å². The number of carbonyl (C=O) groups is 1. The molecular formula is C18H24FNO3. The number of amides is 1. The summed E-state index contributed by atoms with van der Waals surface area (Å²) in [6.45, 7) is 1.47. The van der Waals surface area contributed by atoms with E-state index in [-0.39, 0.29) is 24.2 Å². The van der Waals surface area contributed by atoms with E-state index < -0.39 is 5.60 Å². The first-order chi connectivity index (χ1) is 11.1. The SMILES string of the molecule is O=C(CC1(O)CCCCC1)N1CCOC(c2ccc(F)cc2)C1. The van der Waals surface area contributed by atoms with Crippen molar-refractivity contribution in [3.8, 4) is 0 Å². The molecule has 0 spiro atoms. The van der Waals surface area contributed by atoms with Gasteiger partial charge in [0.1, 0.15) is 11.9 Å². The van der Waals surface area contributed by atoms with Crippen LogP contribution in [0.4, 0.5) is 4.39 Å². The molecule has 1 saturated carbocycles. The van der Waals surface area contributed by atoms with E-state index in [1.165, 1.54) is 12.1 Å². The van der Waals surface area contributed by atoms with Crippen molar-refractivity contribution >= 4 is 5.91 Å². The Kier molecular flexibility index (Phi) is 4.97. The fourth-order valence-electron chi connectivity index (χ4n) is 3.53. The Hall–Kier alpha value is -1.46. The first kappa shape index (κ1) is 16.4. The van der Waals surface area contributed by atoms with E-state index in [1.807, 2.05) is 0 Å². The summed E-state index contributed by atoms with van der Waals surface area (Å²) in [6, 6.07) is 6.21. The minimum absolute atomic E-state index is 0.00943. The molecule has 1 aromatic rings. The molecule has 1 amide bonds. The van der Waals surface area contributed by atoms with Crippen molar-refractivity contribution in [2.24, 2.45) is 0 Å². The lowest BCUT2D eigenvalue weighted by Gasteiger charge is -2.37. The minimum atomic E-state index is -0.834. The van der Waals surface area contributed by atoms with Gasteiger partial charge in [0, 0.05) is 6.54 Å². The zero-order chi connectivity index (χ0) is 16.3. The summed E-state index contributed by atoms with van der Waals surface area (Å²) in [5, 5.41) is 10.6. The second-order valence-electron chi connectivity index (χ2n) is 6.71. The minimum Gasteiger partial charge on any atom is -0.389 e. The highest BCUT2D eigenvalue weighted by molar-refractivity contribution is 5.77. The van der Waals surface area contributed by atoms with Gasteiger partial charge in [-0.2, -0.15) is 0 Å². The molecule has 0 bridgehead atoms. The van der Waals surface area contributed by atoms with Crippen molar-refractivity contribution < 1.29 is 19.0 Å². The van der Waals surface area contributed by atoms with Crippen molar-refractivity contribution in [1.82, 2.24) is 4.90 Å². The van der Waals surface area contributed by atoms with Crippen molar-refractivity contribution in [3.05, 3.63) is 35.6 Å². The summed E-state index contributed by atoms with van der Waals surface area (Å²) in [4.78, 5) is 14.3. The van der Waals surface area contributed by atoms with E-state index in [0.29, 0.717) is 32.5 Å². The maximum Gasteiger partial charge on any atom is 0.225 e. The van der Waals surface area contributed by atoms with Crippen LogP contribution in [0, 0.1) is 5.82 Å². The Bertz CT molecular complexity index is 540. The Labute approximate surface area is 136 Å². The Morgan fingerprint density at radius 2 is 1.96 bits per heavy atom. The lowest BCUT2D eigenvalue weighted by atomic mass is 9.82. The molecule has 1 aromatic carbocycles. The standard InChI is InChI=1S/C18H24FNO3/c19-15-6-4-14(5-7-15)16-13-20(10-11-23-16)17(21)12-18(22)8-2-1-3-9-18/h4-7,16,22H,1-3,8-13H2. The van der Waals surface area contributed by atoms with Gasteiger partial charge in [0.15, 0.2) is 0 Å². The summed E-state index contributed by atoms with van der Waals surface area (Å²) in [6.07, 6.45) is 4.52. The van der Waals surface area contributed by atoms with E-state index >= 15 is 0 Å². The van der Waals surface area contributed by atoms with Crippen LogP contribution < -0.4 is 0 Å². The molecule has 1 aliphatic heterocycles. The molecule has 0 aromatic heterocycles. The number of halogens is 1. The molecule has 2 aliphatic rings. The highest BCUT2D eigenvalue weighted by Crippen LogP contribution is 2.32. The molecule has 23 heavy (non-hydrogen) atoms. The number of ether oxygens (including phenoxy) is 1. The molecule has 1 atom stereocenters. The van der Waals surface area contributed by atoms with Gasteiger partial charge in [-0.25, -0.2) is 4.39 Å². The summed E-state index contributed by atoms with van der Waals surface area (Å²) < 4.78 is 18.7. The molecule has 4 nitrogen and oxygen atoms in total. The molecule has 1 unspecified atom stereocenters. The molecular weight excluding hydrogens is 297 g/mol. The smallest absolute Gasteiger partial charge is 0.225 e. The van der Waals surface area contributed by atoms with Gasteiger partial charge in [-0.15, -0.1) is 0 Å². The van der Waals surface area contributed by atoms with Gasteiger partial charge in [-0.05, 0) is 30.5 Å². The number of nitrogens with zero attached hydrogens (tertiary/aromatic N) is 1. The molecule has 1 aliphatic carbocycles. The van der Waals surface area contributed by atoms with Crippen LogP contribution in [0.25, 0.3) is 0 Å². The van der Waals surface area contributed by atoms with Crippen LogP contribution in [0.2, 0.25) is 0 Å². The summed E-state index contributed by atoms with van der Waals surface area (Å²) in [5.41, 5.74) is 0.0409. The van der Waals surface area contributed by atoms with Crippen molar-refractivity contribution in [3.63, 3.8) is 0 Å². The average molecular weight is 321 g/mol. The van der Waals surface area contributed by atoms with Crippen LogP contribution in [-0.2, 0) is 9.53 Å². The van der Waals surface area contributed by atoms with Crippen LogP contribution in [0.15, 0.2) is 24.3 Å². The van der Waals surface area contributed by atoms with Gasteiger partial charge in [-0.1, -0.05) is 31.4 Å². The third-order valence-corrected chi connectivity index (χ3v) is 4.93. The lowest BCUT2D eigenvalue weighted by Crippen LogP contribution is -2.46. The fraction of sp³-hybridized carbons (Fsp3) is 0.611. The molecule has 3 rings (SSSR count). The number of rotatable bonds is 3. The van der Waals surface area contributed by atoms with Crippen molar-refractivity contribution in [2.45, 2.75) is 50.2 Å². The summed E-state index contributed by atoms with van der Waals surface area (Å²) in [5.74, 6) is -0.290. The number of hydrogen-bond acceptors (Lipinski definition) is 3. The highest BCUT2D eigenvalue weighted by Gasteiger charge is 2.35. The molecule has 1 N–H and O–H groups in total. The Morgan fingerprint density at radius 3 is 2.65 bits per heavy atom. The van der Waals surface area contributed by atoms with E-state index in [4.69, 9.17) is 4.74 Å². The zero-order valence-electron chi connectivity index (χ0n) is 13.3. The predicted molar refractivity (Wildman–Crippen MR) is 84.3 cm³/mol. The first-order valence-corrected chi connectivity index (χ1v) is 8.43. The number of hydrogen-bond donors (Lipinski definition) is 1. The van der Waals surface area contributed by atoms with E-state index in [9.17, 15) is 14.3 Å². The molecule has 5 heteroatoms. The van der Waals surface area contributed by atoms with Crippen LogP contribution >= 0.6 is 0 Å². The topological polar surface area (TPSA) is 49.8 Å². The summed E-state index contributed by atoms with van der Waals surface area (Å²) >= 11 is 0. The number of carbonyl (C=O) groups excluding carboxylic acids is 1. The van der Waals surface area contributed by atoms with Crippen LogP contribution in [-0.4, -0.2) is 41.2 Å². The van der Waals surface area contributed by atoms with Crippen LogP contribution in [0.1, 0.15) is 50.2 Å². The Balaban J connectivity index is 1.61. The molecule has 126 valence electrons. The third kappa shape index (κ3) is 4.09. The molecule has 0 radical (unpaired) electrons. The third-order valence-electron chi connectivity index (χ3n) is 4.93. The van der Waals surface area contributed by atoms with Crippen molar-refractivity contribution in [1.29, 1.82) is 0 Å². The first-order valence-electron chi connectivity index (χ1n) is 8.43. The number of morpholine rings is 1. The van der Waals surface area contributed by atoms with Gasteiger partial charge in [0.25, 0.3) is 0 Å². The predicted octanol–water partition coefficient (Wildman–Crippen LogP) is 2.81. The van der Waals surface area contributed by atoms with Crippen molar-refractivity contribution in [2.75, 3.05) is 19.7 Å². The normalized spacial score (nSPS) is 24.4.